The Hall–Kier alpha value is -3.46. The van der Waals surface area contributed by atoms with Crippen molar-refractivity contribution in [3.8, 4) is 23.3 Å². The second-order valence-corrected chi connectivity index (χ2v) is 4.95. The Morgan fingerprint density at radius 1 is 1.12 bits per heavy atom. The molecule has 0 radical (unpaired) electrons. The van der Waals surface area contributed by atoms with Crippen LogP contribution < -0.4 is 0 Å². The summed E-state index contributed by atoms with van der Waals surface area (Å²) in [5.74, 6) is -2.59. The number of nitrogens with zero attached hydrogens (tertiary/aromatic N) is 1. The van der Waals surface area contributed by atoms with Crippen LogP contribution in [0.2, 0.25) is 0 Å². The van der Waals surface area contributed by atoms with Gasteiger partial charge in [-0.2, -0.15) is 5.26 Å². The number of phenolic OH excluding ortho intramolecular Hbond substituents is 3. The van der Waals surface area contributed by atoms with Crippen molar-refractivity contribution in [2.24, 2.45) is 0 Å². The Balaban J connectivity index is 2.05. The number of carbonyl (C=O) groups is 1. The van der Waals surface area contributed by atoms with Crippen molar-refractivity contribution < 1.29 is 24.9 Å². The molecule has 0 atom stereocenters. The van der Waals surface area contributed by atoms with Gasteiger partial charge in [-0.05, 0) is 29.3 Å². The zero-order valence-electron chi connectivity index (χ0n) is 12.6. The maximum Gasteiger partial charge on any atom is 0.348 e. The van der Waals surface area contributed by atoms with E-state index < -0.39 is 23.2 Å². The number of aromatic hydroxyl groups is 3. The second kappa shape index (κ2) is 7.70. The summed E-state index contributed by atoms with van der Waals surface area (Å²) in [6.07, 6.45) is 1.68. The van der Waals surface area contributed by atoms with Gasteiger partial charge in [-0.3, -0.25) is 0 Å². The fourth-order valence-corrected chi connectivity index (χ4v) is 2.00. The molecule has 0 unspecified atom stereocenters. The van der Waals surface area contributed by atoms with Gasteiger partial charge >= 0.3 is 5.97 Å². The summed E-state index contributed by atoms with van der Waals surface area (Å²) in [6.45, 7) is 0.119. The van der Waals surface area contributed by atoms with Crippen LogP contribution in [0, 0.1) is 11.3 Å². The number of nitriles is 1. The van der Waals surface area contributed by atoms with Crippen LogP contribution >= 0.6 is 0 Å². The Labute approximate surface area is 138 Å². The smallest absolute Gasteiger partial charge is 0.348 e. The summed E-state index contributed by atoms with van der Waals surface area (Å²) < 4.78 is 5.05. The molecule has 0 amide bonds. The van der Waals surface area contributed by atoms with Gasteiger partial charge in [0.05, 0.1) is 6.61 Å². The molecule has 2 rings (SSSR count). The lowest BCUT2D eigenvalue weighted by molar-refractivity contribution is -0.138. The Kier molecular flexibility index (Phi) is 5.42. The van der Waals surface area contributed by atoms with Crippen molar-refractivity contribution in [3.05, 3.63) is 59.2 Å². The van der Waals surface area contributed by atoms with Gasteiger partial charge < -0.3 is 20.1 Å². The zero-order valence-corrected chi connectivity index (χ0v) is 12.6. The molecule has 0 bridgehead atoms. The maximum absolute atomic E-state index is 11.9. The number of esters is 1. The van der Waals surface area contributed by atoms with Gasteiger partial charge in [0.15, 0.2) is 17.2 Å². The van der Waals surface area contributed by atoms with Gasteiger partial charge in [0.1, 0.15) is 11.6 Å². The second-order valence-electron chi connectivity index (χ2n) is 4.95. The molecular weight excluding hydrogens is 310 g/mol. The summed E-state index contributed by atoms with van der Waals surface area (Å²) in [7, 11) is 0. The summed E-state index contributed by atoms with van der Waals surface area (Å²) in [6, 6.07) is 13.4. The van der Waals surface area contributed by atoms with Crippen LogP contribution in [0.15, 0.2) is 48.0 Å². The highest BCUT2D eigenvalue weighted by molar-refractivity contribution is 5.98. The average Bonchev–Trinajstić information content (AvgIpc) is 2.58. The summed E-state index contributed by atoms with van der Waals surface area (Å²) in [5.41, 5.74) is 0.896. The number of carbonyl (C=O) groups excluding carboxylic acids is 1. The molecule has 0 saturated carbocycles. The molecule has 0 spiro atoms. The normalized spacial score (nSPS) is 10.9. The van der Waals surface area contributed by atoms with Crippen molar-refractivity contribution in [1.82, 2.24) is 0 Å². The molecule has 0 aromatic heterocycles. The van der Waals surface area contributed by atoms with Crippen LogP contribution in [0.1, 0.15) is 11.1 Å². The fraction of sp³-hybridized carbons (Fsp3) is 0.111. The number of hydrogen-bond donors (Lipinski definition) is 3. The highest BCUT2D eigenvalue weighted by Gasteiger charge is 2.13. The molecule has 24 heavy (non-hydrogen) atoms. The SMILES string of the molecule is N#CC(=Cc1cc(O)c(O)c(O)c1)C(=O)OCCc1ccccc1. The third-order valence-electron chi connectivity index (χ3n) is 3.21. The average molecular weight is 325 g/mol. The molecule has 0 fully saturated rings. The van der Waals surface area contributed by atoms with Gasteiger partial charge in [-0.1, -0.05) is 30.3 Å². The van der Waals surface area contributed by atoms with E-state index in [-0.39, 0.29) is 17.7 Å². The number of phenols is 3. The van der Waals surface area contributed by atoms with Crippen LogP contribution in [0.3, 0.4) is 0 Å². The highest BCUT2D eigenvalue weighted by atomic mass is 16.5. The summed E-state index contributed by atoms with van der Waals surface area (Å²) >= 11 is 0. The predicted molar refractivity (Wildman–Crippen MR) is 86.1 cm³/mol. The van der Waals surface area contributed by atoms with E-state index in [1.54, 1.807) is 6.07 Å². The molecule has 2 aromatic rings. The van der Waals surface area contributed by atoms with E-state index in [9.17, 15) is 20.1 Å². The van der Waals surface area contributed by atoms with E-state index in [1.807, 2.05) is 30.3 Å². The van der Waals surface area contributed by atoms with Crippen molar-refractivity contribution >= 4 is 12.0 Å². The first kappa shape index (κ1) is 16.9. The molecule has 0 heterocycles. The minimum Gasteiger partial charge on any atom is -0.504 e. The van der Waals surface area contributed by atoms with E-state index in [2.05, 4.69) is 0 Å². The van der Waals surface area contributed by atoms with E-state index in [0.717, 1.165) is 23.8 Å². The number of ether oxygens (including phenoxy) is 1. The quantitative estimate of drug-likeness (QED) is 0.337. The molecular formula is C18H15NO5. The highest BCUT2D eigenvalue weighted by Crippen LogP contribution is 2.35. The molecule has 6 heteroatoms. The molecule has 0 aliphatic rings. The minimum absolute atomic E-state index is 0.119. The van der Waals surface area contributed by atoms with Crippen LogP contribution in [0.25, 0.3) is 6.08 Å². The van der Waals surface area contributed by atoms with Gasteiger partial charge in [-0.15, -0.1) is 0 Å². The first-order chi connectivity index (χ1) is 11.5. The summed E-state index contributed by atoms with van der Waals surface area (Å²) in [5, 5.41) is 37.2. The monoisotopic (exact) mass is 325 g/mol. The first-order valence-corrected chi connectivity index (χ1v) is 7.09. The summed E-state index contributed by atoms with van der Waals surface area (Å²) in [4.78, 5) is 11.9. The molecule has 0 aliphatic heterocycles. The predicted octanol–water partition coefficient (Wildman–Crippen LogP) is 2.50. The fourth-order valence-electron chi connectivity index (χ4n) is 2.00. The zero-order chi connectivity index (χ0) is 17.5. The van der Waals surface area contributed by atoms with Gasteiger partial charge in [0, 0.05) is 6.42 Å². The Morgan fingerprint density at radius 3 is 2.33 bits per heavy atom. The number of benzene rings is 2. The van der Waals surface area contributed by atoms with E-state index in [4.69, 9.17) is 10.00 Å². The third-order valence-corrected chi connectivity index (χ3v) is 3.21. The molecule has 3 N–H and O–H groups in total. The maximum atomic E-state index is 11.9. The Morgan fingerprint density at radius 2 is 1.75 bits per heavy atom. The van der Waals surface area contributed by atoms with Crippen molar-refractivity contribution in [1.29, 1.82) is 5.26 Å². The van der Waals surface area contributed by atoms with Crippen LogP contribution in [-0.4, -0.2) is 27.9 Å². The lowest BCUT2D eigenvalue weighted by Crippen LogP contribution is -2.09. The van der Waals surface area contributed by atoms with Gasteiger partial charge in [0.25, 0.3) is 0 Å². The van der Waals surface area contributed by atoms with Crippen LogP contribution in [0.5, 0.6) is 17.2 Å². The number of hydrogen-bond acceptors (Lipinski definition) is 6. The lowest BCUT2D eigenvalue weighted by Gasteiger charge is -2.05. The Bertz CT molecular complexity index is 783. The molecule has 6 nitrogen and oxygen atoms in total. The van der Waals surface area contributed by atoms with Crippen molar-refractivity contribution in [2.75, 3.05) is 6.61 Å². The molecule has 2 aromatic carbocycles. The molecule has 122 valence electrons. The third kappa shape index (κ3) is 4.27. The standard InChI is InChI=1S/C18H15NO5/c19-11-14(8-13-9-15(20)17(22)16(21)10-13)18(23)24-7-6-12-4-2-1-3-5-12/h1-5,8-10,20-22H,6-7H2. The lowest BCUT2D eigenvalue weighted by atomic mass is 10.1. The van der Waals surface area contributed by atoms with E-state index in [1.165, 1.54) is 0 Å². The van der Waals surface area contributed by atoms with Crippen LogP contribution in [0.4, 0.5) is 0 Å². The largest absolute Gasteiger partial charge is 0.504 e. The number of rotatable bonds is 5. The van der Waals surface area contributed by atoms with Crippen LogP contribution in [-0.2, 0) is 16.0 Å². The molecule has 0 saturated heterocycles. The van der Waals surface area contributed by atoms with E-state index >= 15 is 0 Å². The minimum atomic E-state index is -0.805. The first-order valence-electron chi connectivity index (χ1n) is 7.09. The topological polar surface area (TPSA) is 111 Å². The van der Waals surface area contributed by atoms with Crippen molar-refractivity contribution in [3.63, 3.8) is 0 Å². The van der Waals surface area contributed by atoms with E-state index in [0.29, 0.717) is 6.42 Å². The molecule has 0 aliphatic carbocycles. The van der Waals surface area contributed by atoms with Gasteiger partial charge in [0.2, 0.25) is 0 Å². The van der Waals surface area contributed by atoms with Gasteiger partial charge in [-0.25, -0.2) is 4.79 Å². The van der Waals surface area contributed by atoms with Crippen molar-refractivity contribution in [2.45, 2.75) is 6.42 Å².